The Balaban J connectivity index is 1.86. The molecule has 24 heavy (non-hydrogen) atoms. The average Bonchev–Trinajstić information content (AvgIpc) is 3.07. The van der Waals surface area contributed by atoms with Gasteiger partial charge in [-0.25, -0.2) is 17.5 Å². The minimum atomic E-state index is -3.71. The van der Waals surface area contributed by atoms with Gasteiger partial charge in [0.05, 0.1) is 4.90 Å². The van der Waals surface area contributed by atoms with Gasteiger partial charge in [-0.2, -0.15) is 11.3 Å². The van der Waals surface area contributed by atoms with Gasteiger partial charge >= 0.3 is 0 Å². The molecule has 0 saturated heterocycles. The second-order valence-electron chi connectivity index (χ2n) is 5.40. The van der Waals surface area contributed by atoms with Crippen molar-refractivity contribution in [2.45, 2.75) is 18.4 Å². The zero-order valence-electron chi connectivity index (χ0n) is 13.0. The van der Waals surface area contributed by atoms with Gasteiger partial charge < -0.3 is 0 Å². The predicted octanol–water partition coefficient (Wildman–Crippen LogP) is 4.34. The molecule has 6 heteroatoms. The fraction of sp³-hybridized carbons (Fsp3) is 0.111. The van der Waals surface area contributed by atoms with Crippen LogP contribution in [0.1, 0.15) is 11.1 Å². The first-order chi connectivity index (χ1) is 11.5. The van der Waals surface area contributed by atoms with E-state index in [0.29, 0.717) is 5.56 Å². The Morgan fingerprint density at radius 1 is 1.12 bits per heavy atom. The molecule has 3 rings (SSSR count). The smallest absolute Gasteiger partial charge is 0.207 e. The second kappa shape index (κ2) is 6.84. The van der Waals surface area contributed by atoms with E-state index in [1.165, 1.54) is 12.1 Å². The molecule has 1 heterocycles. The molecule has 0 bridgehead atoms. The van der Waals surface area contributed by atoms with Crippen LogP contribution >= 0.6 is 11.3 Å². The molecular weight excluding hydrogens is 345 g/mol. The summed E-state index contributed by atoms with van der Waals surface area (Å²) >= 11 is 1.59. The lowest BCUT2D eigenvalue weighted by atomic mass is 10.0. The molecule has 0 aliphatic carbocycles. The summed E-state index contributed by atoms with van der Waals surface area (Å²) in [5.41, 5.74) is 3.33. The Hall–Kier alpha value is -2.02. The third kappa shape index (κ3) is 3.56. The van der Waals surface area contributed by atoms with E-state index in [1.807, 2.05) is 41.1 Å². The molecule has 0 aliphatic heterocycles. The maximum atomic E-state index is 13.2. The quantitative estimate of drug-likeness (QED) is 0.735. The molecule has 0 saturated carbocycles. The highest BCUT2D eigenvalue weighted by atomic mass is 32.2. The van der Waals surface area contributed by atoms with Gasteiger partial charge in [-0.05, 0) is 64.2 Å². The maximum Gasteiger partial charge on any atom is 0.241 e. The van der Waals surface area contributed by atoms with Crippen molar-refractivity contribution in [1.29, 1.82) is 0 Å². The van der Waals surface area contributed by atoms with Crippen LogP contribution in [0.3, 0.4) is 0 Å². The molecule has 0 atom stereocenters. The minimum Gasteiger partial charge on any atom is -0.207 e. The van der Waals surface area contributed by atoms with Gasteiger partial charge in [0.15, 0.2) is 0 Å². The van der Waals surface area contributed by atoms with E-state index in [9.17, 15) is 12.8 Å². The number of rotatable bonds is 5. The van der Waals surface area contributed by atoms with Crippen molar-refractivity contribution in [3.8, 4) is 11.1 Å². The van der Waals surface area contributed by atoms with Crippen LogP contribution in [0.5, 0.6) is 0 Å². The van der Waals surface area contributed by atoms with Crippen LogP contribution in [0.25, 0.3) is 11.1 Å². The highest BCUT2D eigenvalue weighted by Gasteiger charge is 2.17. The minimum absolute atomic E-state index is 0.0944. The lowest BCUT2D eigenvalue weighted by Gasteiger charge is -2.12. The predicted molar refractivity (Wildman–Crippen MR) is 94.9 cm³/mol. The van der Waals surface area contributed by atoms with Crippen molar-refractivity contribution < 1.29 is 12.8 Å². The molecule has 0 spiro atoms. The molecule has 3 nitrogen and oxygen atoms in total. The van der Waals surface area contributed by atoms with Gasteiger partial charge in [0.1, 0.15) is 5.82 Å². The van der Waals surface area contributed by atoms with Crippen molar-refractivity contribution in [3.05, 3.63) is 76.2 Å². The molecule has 1 aromatic heterocycles. The summed E-state index contributed by atoms with van der Waals surface area (Å²) in [6, 6.07) is 13.3. The number of hydrogen-bond donors (Lipinski definition) is 1. The number of halogens is 1. The van der Waals surface area contributed by atoms with Crippen LogP contribution in [0.4, 0.5) is 4.39 Å². The molecule has 2 aromatic carbocycles. The summed E-state index contributed by atoms with van der Waals surface area (Å²) < 4.78 is 40.8. The topological polar surface area (TPSA) is 46.2 Å². The normalized spacial score (nSPS) is 11.6. The van der Waals surface area contributed by atoms with Crippen LogP contribution in [-0.4, -0.2) is 8.42 Å². The van der Waals surface area contributed by atoms with Crippen molar-refractivity contribution in [1.82, 2.24) is 4.72 Å². The van der Waals surface area contributed by atoms with Gasteiger partial charge in [-0.3, -0.25) is 0 Å². The number of thiophene rings is 1. The van der Waals surface area contributed by atoms with E-state index < -0.39 is 15.8 Å². The zero-order chi connectivity index (χ0) is 17.2. The van der Waals surface area contributed by atoms with E-state index in [-0.39, 0.29) is 11.4 Å². The van der Waals surface area contributed by atoms with Gasteiger partial charge in [0, 0.05) is 6.54 Å². The largest absolute Gasteiger partial charge is 0.241 e. The first kappa shape index (κ1) is 16.8. The van der Waals surface area contributed by atoms with Crippen LogP contribution in [0, 0.1) is 12.7 Å². The van der Waals surface area contributed by atoms with Gasteiger partial charge in [0.25, 0.3) is 0 Å². The highest BCUT2D eigenvalue weighted by molar-refractivity contribution is 7.89. The number of sulfonamides is 1. The monoisotopic (exact) mass is 361 g/mol. The molecule has 1 N–H and O–H groups in total. The summed E-state index contributed by atoms with van der Waals surface area (Å²) in [6.45, 7) is 1.75. The van der Waals surface area contributed by atoms with E-state index in [2.05, 4.69) is 4.72 Å². The Labute approximate surface area is 144 Å². The third-order valence-corrected chi connectivity index (χ3v) is 5.97. The van der Waals surface area contributed by atoms with Crippen molar-refractivity contribution in [3.63, 3.8) is 0 Å². The molecule has 0 fully saturated rings. The molecule has 3 aromatic rings. The first-order valence-corrected chi connectivity index (χ1v) is 9.76. The molecule has 0 aliphatic rings. The third-order valence-electron chi connectivity index (χ3n) is 3.73. The zero-order valence-corrected chi connectivity index (χ0v) is 14.6. The van der Waals surface area contributed by atoms with E-state index in [4.69, 9.17) is 0 Å². The fourth-order valence-electron chi connectivity index (χ4n) is 2.54. The van der Waals surface area contributed by atoms with Crippen LogP contribution in [0.15, 0.2) is 64.2 Å². The second-order valence-corrected chi connectivity index (χ2v) is 7.92. The molecule has 0 amide bonds. The van der Waals surface area contributed by atoms with Gasteiger partial charge in [-0.15, -0.1) is 0 Å². The Kier molecular flexibility index (Phi) is 4.80. The van der Waals surface area contributed by atoms with Crippen molar-refractivity contribution >= 4 is 21.4 Å². The van der Waals surface area contributed by atoms with Gasteiger partial charge in [-0.1, -0.05) is 24.3 Å². The molecule has 0 radical (unpaired) electrons. The summed E-state index contributed by atoms with van der Waals surface area (Å²) in [4.78, 5) is 0.0944. The van der Waals surface area contributed by atoms with E-state index in [0.717, 1.165) is 22.8 Å². The highest BCUT2D eigenvalue weighted by Crippen LogP contribution is 2.26. The molecule has 124 valence electrons. The number of nitrogens with one attached hydrogen (secondary N) is 1. The first-order valence-electron chi connectivity index (χ1n) is 7.34. The van der Waals surface area contributed by atoms with Crippen LogP contribution in [-0.2, 0) is 16.6 Å². The van der Waals surface area contributed by atoms with Gasteiger partial charge in [0.2, 0.25) is 10.0 Å². The number of benzene rings is 2. The summed E-state index contributed by atoms with van der Waals surface area (Å²) in [7, 11) is -3.71. The Bertz CT molecular complexity index is 951. The summed E-state index contributed by atoms with van der Waals surface area (Å²) in [6.07, 6.45) is 0. The van der Waals surface area contributed by atoms with Crippen LogP contribution in [0.2, 0.25) is 0 Å². The van der Waals surface area contributed by atoms with Crippen molar-refractivity contribution in [2.75, 3.05) is 0 Å². The maximum absolute atomic E-state index is 13.2. The Morgan fingerprint density at radius 3 is 2.62 bits per heavy atom. The van der Waals surface area contributed by atoms with Crippen molar-refractivity contribution in [2.24, 2.45) is 0 Å². The average molecular weight is 361 g/mol. The summed E-state index contributed by atoms with van der Waals surface area (Å²) in [5, 5.41) is 4.01. The standard InChI is InChI=1S/C18H16FNO2S2/c1-13-10-16(19)6-7-18(13)24(21,22)20-11-14-4-2-3-5-17(14)15-8-9-23-12-15/h2-10,12,20H,11H2,1H3. The fourth-order valence-corrected chi connectivity index (χ4v) is 4.43. The lowest BCUT2D eigenvalue weighted by Crippen LogP contribution is -2.24. The number of aryl methyl sites for hydroxylation is 1. The molecular formula is C18H16FNO2S2. The summed E-state index contributed by atoms with van der Waals surface area (Å²) in [5.74, 6) is -0.450. The number of hydrogen-bond acceptors (Lipinski definition) is 3. The SMILES string of the molecule is Cc1cc(F)ccc1S(=O)(=O)NCc1ccccc1-c1ccsc1. The van der Waals surface area contributed by atoms with E-state index >= 15 is 0 Å². The van der Waals surface area contributed by atoms with E-state index in [1.54, 1.807) is 18.3 Å². The Morgan fingerprint density at radius 2 is 1.92 bits per heavy atom. The van der Waals surface area contributed by atoms with Crippen LogP contribution < -0.4 is 4.72 Å². The lowest BCUT2D eigenvalue weighted by molar-refractivity contribution is 0.579. The molecule has 0 unspecified atom stereocenters.